The summed E-state index contributed by atoms with van der Waals surface area (Å²) in [5.41, 5.74) is 1.91. The van der Waals surface area contributed by atoms with Gasteiger partial charge in [-0.2, -0.15) is 0 Å². The molecule has 1 heterocycles. The van der Waals surface area contributed by atoms with Gasteiger partial charge >= 0.3 is 5.97 Å². The number of nitrogens with zero attached hydrogens (tertiary/aromatic N) is 2. The molecule has 0 unspecified atom stereocenters. The standard InChI is InChI=1S/C18H16N2O5/c1-2-25-18(22)13-10-15(11-5-3-6-12(9-11)20(23)24)19-14-7-4-8-16(21)17(13)14/h3,5-6,9-10H,2,4,7-8H2,1H3. The molecule has 1 aliphatic carbocycles. The minimum atomic E-state index is -0.580. The number of aryl methyl sites for hydroxylation is 1. The van der Waals surface area contributed by atoms with E-state index in [1.807, 2.05) is 0 Å². The van der Waals surface area contributed by atoms with Crippen molar-refractivity contribution < 1.29 is 19.2 Å². The maximum Gasteiger partial charge on any atom is 0.339 e. The van der Waals surface area contributed by atoms with Crippen LogP contribution in [-0.4, -0.2) is 28.3 Å². The number of non-ortho nitro benzene ring substituents is 1. The summed E-state index contributed by atoms with van der Waals surface area (Å²) in [6.07, 6.45) is 1.62. The minimum Gasteiger partial charge on any atom is -0.462 e. The van der Waals surface area contributed by atoms with Crippen molar-refractivity contribution in [1.29, 1.82) is 0 Å². The van der Waals surface area contributed by atoms with E-state index in [2.05, 4.69) is 4.98 Å². The first-order chi connectivity index (χ1) is 12.0. The van der Waals surface area contributed by atoms with E-state index in [1.165, 1.54) is 18.2 Å². The van der Waals surface area contributed by atoms with Crippen molar-refractivity contribution in [2.24, 2.45) is 0 Å². The van der Waals surface area contributed by atoms with E-state index in [4.69, 9.17) is 4.74 Å². The van der Waals surface area contributed by atoms with Crippen molar-refractivity contribution in [3.8, 4) is 11.3 Å². The van der Waals surface area contributed by atoms with Gasteiger partial charge in [-0.3, -0.25) is 19.9 Å². The summed E-state index contributed by atoms with van der Waals surface area (Å²) >= 11 is 0. The van der Waals surface area contributed by atoms with E-state index in [1.54, 1.807) is 19.1 Å². The highest BCUT2D eigenvalue weighted by molar-refractivity contribution is 6.08. The van der Waals surface area contributed by atoms with Gasteiger partial charge in [0.2, 0.25) is 0 Å². The Kier molecular flexibility index (Phi) is 4.56. The highest BCUT2D eigenvalue weighted by Crippen LogP contribution is 2.30. The van der Waals surface area contributed by atoms with Crippen LogP contribution in [0.1, 0.15) is 46.2 Å². The lowest BCUT2D eigenvalue weighted by Gasteiger charge is -2.18. The number of hydrogen-bond acceptors (Lipinski definition) is 6. The molecule has 3 rings (SSSR count). The zero-order chi connectivity index (χ0) is 18.0. The number of hydrogen-bond donors (Lipinski definition) is 0. The van der Waals surface area contributed by atoms with Crippen LogP contribution in [0.2, 0.25) is 0 Å². The van der Waals surface area contributed by atoms with Crippen LogP contribution >= 0.6 is 0 Å². The third-order valence-corrected chi connectivity index (χ3v) is 4.04. The van der Waals surface area contributed by atoms with Gasteiger partial charge in [-0.1, -0.05) is 12.1 Å². The zero-order valence-corrected chi connectivity index (χ0v) is 13.7. The van der Waals surface area contributed by atoms with Crippen LogP contribution in [0, 0.1) is 10.1 Å². The average Bonchev–Trinajstić information content (AvgIpc) is 2.61. The van der Waals surface area contributed by atoms with Crippen LogP contribution in [0.5, 0.6) is 0 Å². The van der Waals surface area contributed by atoms with Gasteiger partial charge in [0.1, 0.15) is 0 Å². The van der Waals surface area contributed by atoms with Crippen molar-refractivity contribution in [3.05, 3.63) is 57.3 Å². The summed E-state index contributed by atoms with van der Waals surface area (Å²) in [7, 11) is 0. The predicted molar refractivity (Wildman–Crippen MR) is 89.6 cm³/mol. The number of ketones is 1. The molecule has 0 radical (unpaired) electrons. The van der Waals surface area contributed by atoms with Crippen molar-refractivity contribution >= 4 is 17.4 Å². The minimum absolute atomic E-state index is 0.0641. The summed E-state index contributed by atoms with van der Waals surface area (Å²) in [4.78, 5) is 39.6. The maximum atomic E-state index is 12.3. The number of Topliss-reactive ketones (excluding diaryl/α,β-unsaturated/α-hetero) is 1. The Morgan fingerprint density at radius 1 is 1.32 bits per heavy atom. The van der Waals surface area contributed by atoms with Crippen LogP contribution in [0.15, 0.2) is 30.3 Å². The number of aromatic nitrogens is 1. The molecule has 0 fully saturated rings. The van der Waals surface area contributed by atoms with Gasteiger partial charge < -0.3 is 4.74 Å². The Morgan fingerprint density at radius 2 is 2.12 bits per heavy atom. The lowest BCUT2D eigenvalue weighted by Crippen LogP contribution is -2.20. The molecule has 0 bridgehead atoms. The largest absolute Gasteiger partial charge is 0.462 e. The SMILES string of the molecule is CCOC(=O)c1cc(-c2cccc([N+](=O)[O-])c2)nc2c1C(=O)CCC2. The topological polar surface area (TPSA) is 99.4 Å². The molecule has 1 aromatic carbocycles. The summed E-state index contributed by atoms with van der Waals surface area (Å²) in [5.74, 6) is -0.703. The normalized spacial score (nSPS) is 13.2. The first-order valence-corrected chi connectivity index (χ1v) is 8.00. The number of carbonyl (C=O) groups excluding carboxylic acids is 2. The fraction of sp³-hybridized carbons (Fsp3) is 0.278. The van der Waals surface area contributed by atoms with Crippen molar-refractivity contribution in [2.75, 3.05) is 6.61 Å². The molecular formula is C18H16N2O5. The molecule has 0 aliphatic heterocycles. The van der Waals surface area contributed by atoms with Gasteiger partial charge in [0.25, 0.3) is 5.69 Å². The Balaban J connectivity index is 2.17. The van der Waals surface area contributed by atoms with Crippen molar-refractivity contribution in [1.82, 2.24) is 4.98 Å². The number of carbonyl (C=O) groups is 2. The van der Waals surface area contributed by atoms with Crippen molar-refractivity contribution in [3.63, 3.8) is 0 Å². The number of fused-ring (bicyclic) bond motifs is 1. The number of benzene rings is 1. The maximum absolute atomic E-state index is 12.3. The molecule has 7 heteroatoms. The summed E-state index contributed by atoms with van der Waals surface area (Å²) in [6.45, 7) is 1.88. The van der Waals surface area contributed by atoms with E-state index in [9.17, 15) is 19.7 Å². The van der Waals surface area contributed by atoms with Crippen LogP contribution in [0.25, 0.3) is 11.3 Å². The third kappa shape index (κ3) is 3.26. The fourth-order valence-electron chi connectivity index (χ4n) is 2.93. The summed E-state index contributed by atoms with van der Waals surface area (Å²) in [5, 5.41) is 11.0. The van der Waals surface area contributed by atoms with Crippen molar-refractivity contribution in [2.45, 2.75) is 26.2 Å². The number of nitro groups is 1. The Hall–Kier alpha value is -3.09. The number of pyridine rings is 1. The van der Waals surface area contributed by atoms with Gasteiger partial charge in [-0.05, 0) is 25.8 Å². The molecule has 1 aromatic heterocycles. The van der Waals surface area contributed by atoms with Crippen LogP contribution < -0.4 is 0 Å². The number of esters is 1. The van der Waals surface area contributed by atoms with Crippen LogP contribution in [0.4, 0.5) is 5.69 Å². The first-order valence-electron chi connectivity index (χ1n) is 8.00. The first kappa shape index (κ1) is 16.8. The molecule has 1 aliphatic rings. The van der Waals surface area contributed by atoms with E-state index in [0.717, 1.165) is 0 Å². The zero-order valence-electron chi connectivity index (χ0n) is 13.7. The number of ether oxygens (including phenoxy) is 1. The Morgan fingerprint density at radius 3 is 2.84 bits per heavy atom. The average molecular weight is 340 g/mol. The predicted octanol–water partition coefficient (Wildman–Crippen LogP) is 3.35. The highest BCUT2D eigenvalue weighted by atomic mass is 16.6. The summed E-state index contributed by atoms with van der Waals surface area (Å²) < 4.78 is 5.07. The fourth-order valence-corrected chi connectivity index (χ4v) is 2.93. The third-order valence-electron chi connectivity index (χ3n) is 4.04. The summed E-state index contributed by atoms with van der Waals surface area (Å²) in [6, 6.07) is 7.51. The molecule has 25 heavy (non-hydrogen) atoms. The second-order valence-electron chi connectivity index (χ2n) is 5.68. The molecule has 7 nitrogen and oxygen atoms in total. The van der Waals surface area contributed by atoms with E-state index in [-0.39, 0.29) is 23.6 Å². The van der Waals surface area contributed by atoms with Gasteiger partial charge in [0.05, 0.1) is 34.0 Å². The van der Waals surface area contributed by atoms with Gasteiger partial charge in [-0.25, -0.2) is 4.79 Å². The smallest absolute Gasteiger partial charge is 0.339 e. The second-order valence-corrected chi connectivity index (χ2v) is 5.68. The van der Waals surface area contributed by atoms with E-state index >= 15 is 0 Å². The molecule has 0 N–H and O–H groups in total. The number of rotatable bonds is 4. The van der Waals surface area contributed by atoms with Gasteiger partial charge in [0, 0.05) is 24.1 Å². The van der Waals surface area contributed by atoms with Crippen LogP contribution in [-0.2, 0) is 11.2 Å². The van der Waals surface area contributed by atoms with Gasteiger partial charge in [-0.15, -0.1) is 0 Å². The molecule has 2 aromatic rings. The lowest BCUT2D eigenvalue weighted by atomic mass is 9.90. The monoisotopic (exact) mass is 340 g/mol. The van der Waals surface area contributed by atoms with Crippen LogP contribution in [0.3, 0.4) is 0 Å². The highest BCUT2D eigenvalue weighted by Gasteiger charge is 2.27. The molecule has 0 saturated heterocycles. The Labute approximate surface area is 143 Å². The lowest BCUT2D eigenvalue weighted by molar-refractivity contribution is -0.384. The number of nitro benzene ring substituents is 1. The molecule has 0 spiro atoms. The van der Waals surface area contributed by atoms with Gasteiger partial charge in [0.15, 0.2) is 5.78 Å². The molecule has 0 atom stereocenters. The molecule has 0 saturated carbocycles. The quantitative estimate of drug-likeness (QED) is 0.481. The van der Waals surface area contributed by atoms with E-state index < -0.39 is 10.9 Å². The Bertz CT molecular complexity index is 876. The van der Waals surface area contributed by atoms with E-state index in [0.29, 0.717) is 41.8 Å². The molecule has 0 amide bonds. The molecule has 128 valence electrons. The second kappa shape index (κ2) is 6.80. The molecular weight excluding hydrogens is 324 g/mol.